The number of carbonyl (C=O) groups excluding carboxylic acids is 1. The molecule has 5 nitrogen and oxygen atoms in total. The van der Waals surface area contributed by atoms with Crippen molar-refractivity contribution in [3.05, 3.63) is 47.2 Å². The van der Waals surface area contributed by atoms with E-state index in [0.717, 1.165) is 5.69 Å². The van der Waals surface area contributed by atoms with E-state index in [1.165, 1.54) is 0 Å². The highest BCUT2D eigenvalue weighted by atomic mass is 35.5. The minimum Gasteiger partial charge on any atom is -0.396 e. The third-order valence-electron chi connectivity index (χ3n) is 2.54. The summed E-state index contributed by atoms with van der Waals surface area (Å²) in [6.07, 6.45) is 2.21. The first-order chi connectivity index (χ1) is 9.22. The normalized spacial score (nSPS) is 10.4. The molecule has 1 heterocycles. The number of aliphatic hydroxyl groups excluding tert-OH is 1. The summed E-state index contributed by atoms with van der Waals surface area (Å²) in [5, 5.41) is 16.1. The van der Waals surface area contributed by atoms with Crippen LogP contribution in [0.1, 0.15) is 16.9 Å². The van der Waals surface area contributed by atoms with Crippen molar-refractivity contribution in [3.63, 3.8) is 0 Å². The van der Waals surface area contributed by atoms with Crippen LogP contribution in [-0.2, 0) is 0 Å². The number of nitrogens with zero attached hydrogens (tertiary/aromatic N) is 2. The van der Waals surface area contributed by atoms with Crippen LogP contribution in [0.5, 0.6) is 0 Å². The highest BCUT2D eigenvalue weighted by Crippen LogP contribution is 2.18. The van der Waals surface area contributed by atoms with E-state index < -0.39 is 0 Å². The Kier molecular flexibility index (Phi) is 4.54. The molecule has 0 fully saturated rings. The second-order valence-electron chi connectivity index (χ2n) is 3.93. The Bertz CT molecular complexity index is 569. The molecule has 0 aliphatic carbocycles. The van der Waals surface area contributed by atoms with Gasteiger partial charge in [-0.2, -0.15) is 5.10 Å². The second kappa shape index (κ2) is 6.36. The zero-order valence-electron chi connectivity index (χ0n) is 10.2. The lowest BCUT2D eigenvalue weighted by Gasteiger charge is -2.03. The molecule has 100 valence electrons. The third-order valence-corrected chi connectivity index (χ3v) is 2.86. The molecule has 0 bridgehead atoms. The highest BCUT2D eigenvalue weighted by Gasteiger charge is 2.10. The SMILES string of the molecule is O=C(NCCCO)c1ccn(-c2ccccc2Cl)n1. The Balaban J connectivity index is 2.11. The third kappa shape index (κ3) is 3.33. The molecule has 2 rings (SSSR count). The van der Waals surface area contributed by atoms with Crippen molar-refractivity contribution in [2.24, 2.45) is 0 Å². The zero-order valence-corrected chi connectivity index (χ0v) is 11.0. The smallest absolute Gasteiger partial charge is 0.271 e. The van der Waals surface area contributed by atoms with E-state index in [2.05, 4.69) is 10.4 Å². The van der Waals surface area contributed by atoms with E-state index in [4.69, 9.17) is 16.7 Å². The van der Waals surface area contributed by atoms with Crippen molar-refractivity contribution >= 4 is 17.5 Å². The fraction of sp³-hybridized carbons (Fsp3) is 0.231. The van der Waals surface area contributed by atoms with E-state index in [0.29, 0.717) is 23.7 Å². The zero-order chi connectivity index (χ0) is 13.7. The number of para-hydroxylation sites is 1. The number of aromatic nitrogens is 2. The van der Waals surface area contributed by atoms with Crippen LogP contribution < -0.4 is 5.32 Å². The lowest BCUT2D eigenvalue weighted by Crippen LogP contribution is -2.25. The first kappa shape index (κ1) is 13.6. The number of nitrogens with one attached hydrogen (secondary N) is 1. The molecule has 2 aromatic rings. The lowest BCUT2D eigenvalue weighted by molar-refractivity contribution is 0.0945. The molecule has 0 radical (unpaired) electrons. The lowest BCUT2D eigenvalue weighted by atomic mass is 10.3. The molecule has 0 saturated carbocycles. The van der Waals surface area contributed by atoms with Gasteiger partial charge < -0.3 is 10.4 Å². The molecule has 0 spiro atoms. The molecule has 0 aliphatic heterocycles. The van der Waals surface area contributed by atoms with Crippen molar-refractivity contribution in [1.82, 2.24) is 15.1 Å². The quantitative estimate of drug-likeness (QED) is 0.818. The molecule has 0 aliphatic rings. The predicted molar refractivity (Wildman–Crippen MR) is 72.6 cm³/mol. The van der Waals surface area contributed by atoms with Crippen molar-refractivity contribution < 1.29 is 9.90 Å². The average Bonchev–Trinajstić information content (AvgIpc) is 2.89. The first-order valence-corrected chi connectivity index (χ1v) is 6.30. The van der Waals surface area contributed by atoms with Crippen LogP contribution in [0.2, 0.25) is 5.02 Å². The maximum Gasteiger partial charge on any atom is 0.271 e. The van der Waals surface area contributed by atoms with Crippen LogP contribution >= 0.6 is 11.6 Å². The molecular weight excluding hydrogens is 266 g/mol. The van der Waals surface area contributed by atoms with Crippen LogP contribution in [0.25, 0.3) is 5.69 Å². The van der Waals surface area contributed by atoms with Crippen LogP contribution in [0.15, 0.2) is 36.5 Å². The Morgan fingerprint density at radius 3 is 2.89 bits per heavy atom. The van der Waals surface area contributed by atoms with Crippen LogP contribution in [-0.4, -0.2) is 33.9 Å². The van der Waals surface area contributed by atoms with Crippen LogP contribution in [0.3, 0.4) is 0 Å². The van der Waals surface area contributed by atoms with Crippen molar-refractivity contribution in [1.29, 1.82) is 0 Å². The Morgan fingerprint density at radius 1 is 1.37 bits per heavy atom. The Hall–Kier alpha value is -1.85. The number of benzene rings is 1. The van der Waals surface area contributed by atoms with Gasteiger partial charge in [0.25, 0.3) is 5.91 Å². The number of hydrogen-bond acceptors (Lipinski definition) is 3. The van der Waals surface area contributed by atoms with E-state index >= 15 is 0 Å². The molecule has 2 N–H and O–H groups in total. The average molecular weight is 280 g/mol. The number of amides is 1. The molecular formula is C13H14ClN3O2. The monoisotopic (exact) mass is 279 g/mol. The van der Waals surface area contributed by atoms with E-state index in [9.17, 15) is 4.79 Å². The summed E-state index contributed by atoms with van der Waals surface area (Å²) < 4.78 is 1.56. The summed E-state index contributed by atoms with van der Waals surface area (Å²) in [6, 6.07) is 8.89. The number of hydrogen-bond donors (Lipinski definition) is 2. The van der Waals surface area contributed by atoms with Gasteiger partial charge in [0.15, 0.2) is 5.69 Å². The van der Waals surface area contributed by atoms with Crippen molar-refractivity contribution in [3.8, 4) is 5.69 Å². The summed E-state index contributed by atoms with van der Waals surface area (Å²) >= 11 is 6.06. The van der Waals surface area contributed by atoms with Gasteiger partial charge >= 0.3 is 0 Å². The molecule has 19 heavy (non-hydrogen) atoms. The van der Waals surface area contributed by atoms with Crippen LogP contribution in [0, 0.1) is 0 Å². The first-order valence-electron chi connectivity index (χ1n) is 5.92. The van der Waals surface area contributed by atoms with Gasteiger partial charge in [-0.05, 0) is 24.6 Å². The number of halogens is 1. The van der Waals surface area contributed by atoms with Gasteiger partial charge in [-0.15, -0.1) is 0 Å². The van der Waals surface area contributed by atoms with Gasteiger partial charge in [0, 0.05) is 19.3 Å². The maximum atomic E-state index is 11.7. The van der Waals surface area contributed by atoms with Gasteiger partial charge in [-0.3, -0.25) is 4.79 Å². The van der Waals surface area contributed by atoms with E-state index in [1.54, 1.807) is 23.0 Å². The molecule has 6 heteroatoms. The molecule has 1 aromatic heterocycles. The highest BCUT2D eigenvalue weighted by molar-refractivity contribution is 6.32. The van der Waals surface area contributed by atoms with Crippen LogP contribution in [0.4, 0.5) is 0 Å². The summed E-state index contributed by atoms with van der Waals surface area (Å²) in [5.41, 5.74) is 1.04. The predicted octanol–water partition coefficient (Wildman–Crippen LogP) is 1.64. The number of rotatable bonds is 5. The van der Waals surface area contributed by atoms with Gasteiger partial charge in [-0.25, -0.2) is 4.68 Å². The summed E-state index contributed by atoms with van der Waals surface area (Å²) in [5.74, 6) is -0.265. The molecule has 1 aromatic carbocycles. The van der Waals surface area contributed by atoms with Gasteiger partial charge in [-0.1, -0.05) is 23.7 Å². The number of carbonyl (C=O) groups is 1. The van der Waals surface area contributed by atoms with Crippen molar-refractivity contribution in [2.75, 3.05) is 13.2 Å². The van der Waals surface area contributed by atoms with E-state index in [1.807, 2.05) is 18.2 Å². The molecule has 1 amide bonds. The maximum absolute atomic E-state index is 11.7. The summed E-state index contributed by atoms with van der Waals surface area (Å²) in [7, 11) is 0. The Labute approximate surface area is 115 Å². The van der Waals surface area contributed by atoms with Gasteiger partial charge in [0.05, 0.1) is 10.7 Å². The van der Waals surface area contributed by atoms with Crippen molar-refractivity contribution in [2.45, 2.75) is 6.42 Å². The summed E-state index contributed by atoms with van der Waals surface area (Å²) in [6.45, 7) is 0.475. The molecule has 0 saturated heterocycles. The van der Waals surface area contributed by atoms with Gasteiger partial charge in [0.2, 0.25) is 0 Å². The van der Waals surface area contributed by atoms with Gasteiger partial charge in [0.1, 0.15) is 0 Å². The topological polar surface area (TPSA) is 67.2 Å². The summed E-state index contributed by atoms with van der Waals surface area (Å²) in [4.78, 5) is 11.7. The minimum atomic E-state index is -0.265. The molecule has 0 atom stereocenters. The number of aliphatic hydroxyl groups is 1. The fourth-order valence-corrected chi connectivity index (χ4v) is 1.81. The minimum absolute atomic E-state index is 0.0499. The Morgan fingerprint density at radius 2 is 2.16 bits per heavy atom. The van der Waals surface area contributed by atoms with E-state index in [-0.39, 0.29) is 12.5 Å². The fourth-order valence-electron chi connectivity index (χ4n) is 1.59. The molecule has 0 unspecified atom stereocenters. The second-order valence-corrected chi connectivity index (χ2v) is 4.34. The largest absolute Gasteiger partial charge is 0.396 e. The standard InChI is InChI=1S/C13H14ClN3O2/c14-10-4-1-2-5-12(10)17-8-6-11(16-17)13(19)15-7-3-9-18/h1-2,4-6,8,18H,3,7,9H2,(H,15,19).